The van der Waals surface area contributed by atoms with Crippen LogP contribution in [0, 0.1) is 0 Å². The van der Waals surface area contributed by atoms with Crippen LogP contribution in [0.25, 0.3) is 10.9 Å². The molecule has 0 spiro atoms. The topological polar surface area (TPSA) is 94.6 Å². The molecule has 2 aromatic carbocycles. The number of aromatic nitrogens is 2. The zero-order valence-electron chi connectivity index (χ0n) is 14.9. The first kappa shape index (κ1) is 16.9. The Morgan fingerprint density at radius 2 is 2.04 bits per heavy atom. The van der Waals surface area contributed by atoms with Gasteiger partial charge in [-0.15, -0.1) is 0 Å². The summed E-state index contributed by atoms with van der Waals surface area (Å²) in [6, 6.07) is 9.36. The molecule has 0 fully saturated rings. The Balaban J connectivity index is 1.63. The van der Waals surface area contributed by atoms with E-state index in [0.717, 1.165) is 22.4 Å². The SMILES string of the molecule is COc1cc2ncnc(NCc3ccc4c(c3)OCO4)c2cc1NC(C)=O. The van der Waals surface area contributed by atoms with Gasteiger partial charge < -0.3 is 24.8 Å². The van der Waals surface area contributed by atoms with Crippen molar-refractivity contribution < 1.29 is 19.0 Å². The average molecular weight is 366 g/mol. The summed E-state index contributed by atoms with van der Waals surface area (Å²) in [5.41, 5.74) is 2.31. The molecule has 1 amide bonds. The van der Waals surface area contributed by atoms with Gasteiger partial charge in [-0.3, -0.25) is 4.79 Å². The van der Waals surface area contributed by atoms with Gasteiger partial charge in [0.2, 0.25) is 12.7 Å². The lowest BCUT2D eigenvalue weighted by Gasteiger charge is -2.13. The van der Waals surface area contributed by atoms with Crippen molar-refractivity contribution in [3.63, 3.8) is 0 Å². The second kappa shape index (κ2) is 6.99. The Bertz CT molecular complexity index is 1020. The maximum atomic E-state index is 11.5. The van der Waals surface area contributed by atoms with Crippen LogP contribution in [0.1, 0.15) is 12.5 Å². The highest BCUT2D eigenvalue weighted by Crippen LogP contribution is 2.34. The maximum absolute atomic E-state index is 11.5. The fourth-order valence-corrected chi connectivity index (χ4v) is 2.92. The van der Waals surface area contributed by atoms with Gasteiger partial charge in [-0.25, -0.2) is 9.97 Å². The largest absolute Gasteiger partial charge is 0.494 e. The summed E-state index contributed by atoms with van der Waals surface area (Å²) in [5, 5.41) is 6.86. The third-order valence-corrected chi connectivity index (χ3v) is 4.16. The second-order valence-corrected chi connectivity index (χ2v) is 6.01. The molecule has 1 aromatic heterocycles. The number of nitrogens with one attached hydrogen (secondary N) is 2. The fourth-order valence-electron chi connectivity index (χ4n) is 2.92. The van der Waals surface area contributed by atoms with E-state index in [0.29, 0.717) is 29.3 Å². The highest BCUT2D eigenvalue weighted by molar-refractivity contribution is 5.98. The van der Waals surface area contributed by atoms with Gasteiger partial charge in [0.05, 0.1) is 18.3 Å². The first-order valence-electron chi connectivity index (χ1n) is 8.37. The van der Waals surface area contributed by atoms with Gasteiger partial charge in [0.15, 0.2) is 11.5 Å². The lowest BCUT2D eigenvalue weighted by molar-refractivity contribution is -0.114. The molecule has 0 bridgehead atoms. The molecule has 1 aliphatic rings. The average Bonchev–Trinajstić information content (AvgIpc) is 3.13. The normalized spacial score (nSPS) is 12.1. The zero-order chi connectivity index (χ0) is 18.8. The Hall–Kier alpha value is -3.55. The number of nitrogens with zero attached hydrogens (tertiary/aromatic N) is 2. The summed E-state index contributed by atoms with van der Waals surface area (Å²) in [5.74, 6) is 2.50. The first-order valence-corrected chi connectivity index (χ1v) is 8.37. The van der Waals surface area contributed by atoms with Gasteiger partial charge in [0.25, 0.3) is 0 Å². The highest BCUT2D eigenvalue weighted by Gasteiger charge is 2.14. The molecular formula is C19H18N4O4. The lowest BCUT2D eigenvalue weighted by Crippen LogP contribution is -2.08. The first-order chi connectivity index (χ1) is 13.1. The van der Waals surface area contributed by atoms with Crippen molar-refractivity contribution in [3.05, 3.63) is 42.2 Å². The molecule has 27 heavy (non-hydrogen) atoms. The van der Waals surface area contributed by atoms with Crippen LogP contribution in [0.2, 0.25) is 0 Å². The summed E-state index contributed by atoms with van der Waals surface area (Å²) in [4.78, 5) is 20.1. The Kier molecular flexibility index (Phi) is 4.37. The molecule has 138 valence electrons. The van der Waals surface area contributed by atoms with Crippen LogP contribution in [-0.2, 0) is 11.3 Å². The minimum absolute atomic E-state index is 0.181. The van der Waals surface area contributed by atoms with E-state index in [2.05, 4.69) is 20.6 Å². The van der Waals surface area contributed by atoms with Crippen LogP contribution in [0.3, 0.4) is 0 Å². The van der Waals surface area contributed by atoms with Crippen molar-refractivity contribution in [3.8, 4) is 17.2 Å². The predicted octanol–water partition coefficient (Wildman–Crippen LogP) is 2.94. The molecule has 2 N–H and O–H groups in total. The van der Waals surface area contributed by atoms with Crippen LogP contribution in [0.15, 0.2) is 36.7 Å². The maximum Gasteiger partial charge on any atom is 0.231 e. The van der Waals surface area contributed by atoms with Crippen molar-refractivity contribution in [1.82, 2.24) is 9.97 Å². The predicted molar refractivity (Wildman–Crippen MR) is 100 cm³/mol. The van der Waals surface area contributed by atoms with Gasteiger partial charge in [0.1, 0.15) is 17.9 Å². The Labute approximate surface area is 155 Å². The van der Waals surface area contributed by atoms with E-state index in [-0.39, 0.29) is 12.7 Å². The van der Waals surface area contributed by atoms with E-state index in [1.54, 1.807) is 19.2 Å². The van der Waals surface area contributed by atoms with Crippen LogP contribution in [0.4, 0.5) is 11.5 Å². The summed E-state index contributed by atoms with van der Waals surface area (Å²) in [7, 11) is 1.55. The molecular weight excluding hydrogens is 348 g/mol. The van der Waals surface area contributed by atoms with Crippen molar-refractivity contribution in [2.45, 2.75) is 13.5 Å². The number of carbonyl (C=O) groups excluding carboxylic acids is 1. The van der Waals surface area contributed by atoms with Gasteiger partial charge in [-0.2, -0.15) is 0 Å². The second-order valence-electron chi connectivity index (χ2n) is 6.01. The van der Waals surface area contributed by atoms with E-state index in [1.807, 2.05) is 18.2 Å². The number of rotatable bonds is 5. The van der Waals surface area contributed by atoms with E-state index in [9.17, 15) is 4.79 Å². The zero-order valence-corrected chi connectivity index (χ0v) is 14.9. The minimum atomic E-state index is -0.181. The molecule has 8 nitrogen and oxygen atoms in total. The Morgan fingerprint density at radius 1 is 1.19 bits per heavy atom. The molecule has 0 radical (unpaired) electrons. The lowest BCUT2D eigenvalue weighted by atomic mass is 10.1. The number of amides is 1. The summed E-state index contributed by atoms with van der Waals surface area (Å²) in [6.07, 6.45) is 1.49. The van der Waals surface area contributed by atoms with Crippen molar-refractivity contribution in [2.24, 2.45) is 0 Å². The molecule has 0 atom stereocenters. The highest BCUT2D eigenvalue weighted by atomic mass is 16.7. The van der Waals surface area contributed by atoms with E-state index in [4.69, 9.17) is 14.2 Å². The number of benzene rings is 2. The van der Waals surface area contributed by atoms with Gasteiger partial charge in [-0.05, 0) is 23.8 Å². The van der Waals surface area contributed by atoms with Crippen molar-refractivity contribution in [1.29, 1.82) is 0 Å². The number of carbonyl (C=O) groups is 1. The molecule has 2 heterocycles. The molecule has 1 aliphatic heterocycles. The molecule has 0 unspecified atom stereocenters. The minimum Gasteiger partial charge on any atom is -0.494 e. The molecule has 0 saturated heterocycles. The molecule has 8 heteroatoms. The number of ether oxygens (including phenoxy) is 3. The van der Waals surface area contributed by atoms with Crippen LogP contribution in [0.5, 0.6) is 17.2 Å². The van der Waals surface area contributed by atoms with E-state index in [1.165, 1.54) is 13.3 Å². The van der Waals surface area contributed by atoms with Crippen molar-refractivity contribution in [2.75, 3.05) is 24.5 Å². The Morgan fingerprint density at radius 3 is 2.85 bits per heavy atom. The van der Waals surface area contributed by atoms with Crippen LogP contribution in [-0.4, -0.2) is 29.8 Å². The molecule has 3 aromatic rings. The van der Waals surface area contributed by atoms with E-state index < -0.39 is 0 Å². The van der Waals surface area contributed by atoms with Gasteiger partial charge >= 0.3 is 0 Å². The molecule has 0 aliphatic carbocycles. The summed E-state index contributed by atoms with van der Waals surface area (Å²) >= 11 is 0. The number of hydrogen-bond acceptors (Lipinski definition) is 7. The summed E-state index contributed by atoms with van der Waals surface area (Å²) < 4.78 is 16.1. The number of methoxy groups -OCH3 is 1. The van der Waals surface area contributed by atoms with Crippen LogP contribution >= 0.6 is 0 Å². The third kappa shape index (κ3) is 3.41. The number of hydrogen-bond donors (Lipinski definition) is 2. The number of fused-ring (bicyclic) bond motifs is 2. The standard InChI is InChI=1S/C19H18N4O4/c1-11(24)23-15-6-13-14(7-17(15)25-2)21-9-22-19(13)20-8-12-3-4-16-18(5-12)27-10-26-16/h3-7,9H,8,10H2,1-2H3,(H,23,24)(H,20,21,22). The third-order valence-electron chi connectivity index (χ3n) is 4.16. The quantitative estimate of drug-likeness (QED) is 0.717. The van der Waals surface area contributed by atoms with Crippen molar-refractivity contribution >= 4 is 28.3 Å². The summed E-state index contributed by atoms with van der Waals surface area (Å²) in [6.45, 7) is 2.24. The van der Waals surface area contributed by atoms with E-state index >= 15 is 0 Å². The van der Waals surface area contributed by atoms with Gasteiger partial charge in [-0.1, -0.05) is 6.07 Å². The van der Waals surface area contributed by atoms with Crippen LogP contribution < -0.4 is 24.8 Å². The number of anilines is 2. The monoisotopic (exact) mass is 366 g/mol. The fraction of sp³-hybridized carbons (Fsp3) is 0.211. The molecule has 4 rings (SSSR count). The molecule has 0 saturated carbocycles. The smallest absolute Gasteiger partial charge is 0.231 e. The van der Waals surface area contributed by atoms with Gasteiger partial charge in [0, 0.05) is 24.9 Å².